The molecule has 0 spiro atoms. The van der Waals surface area contributed by atoms with E-state index in [-0.39, 0.29) is 0 Å². The van der Waals surface area contributed by atoms with E-state index in [9.17, 15) is 0 Å². The largest absolute Gasteiger partial charge is 0.380 e. The van der Waals surface area contributed by atoms with Crippen LogP contribution in [0.25, 0.3) is 0 Å². The fourth-order valence-electron chi connectivity index (χ4n) is 2.18. The highest BCUT2D eigenvalue weighted by molar-refractivity contribution is 5.52. The average Bonchev–Trinajstić information content (AvgIpc) is 2.79. The van der Waals surface area contributed by atoms with Crippen LogP contribution in [0.15, 0.2) is 18.5 Å². The second-order valence-corrected chi connectivity index (χ2v) is 4.13. The molecule has 1 aromatic rings. The lowest BCUT2D eigenvalue weighted by atomic mass is 10.2. The summed E-state index contributed by atoms with van der Waals surface area (Å²) in [4.78, 5) is 6.57. The maximum absolute atomic E-state index is 5.39. The van der Waals surface area contributed by atoms with Crippen LogP contribution in [0.1, 0.15) is 12.0 Å². The van der Waals surface area contributed by atoms with E-state index in [0.29, 0.717) is 6.10 Å². The van der Waals surface area contributed by atoms with Crippen LogP contribution in [0.2, 0.25) is 0 Å². The minimum atomic E-state index is 0.364. The van der Waals surface area contributed by atoms with Gasteiger partial charge in [0.25, 0.3) is 0 Å². The van der Waals surface area contributed by atoms with Gasteiger partial charge in [-0.3, -0.25) is 4.98 Å². The van der Waals surface area contributed by atoms with Crippen LogP contribution in [0.3, 0.4) is 0 Å². The van der Waals surface area contributed by atoms with Crippen molar-refractivity contribution in [2.24, 2.45) is 0 Å². The van der Waals surface area contributed by atoms with Gasteiger partial charge in [-0.05, 0) is 25.1 Å². The molecule has 1 fully saturated rings. The molecule has 1 unspecified atom stereocenters. The molecule has 88 valence electrons. The molecule has 1 aliphatic rings. The quantitative estimate of drug-likeness (QED) is 0.824. The summed E-state index contributed by atoms with van der Waals surface area (Å²) in [6.45, 7) is 2.91. The Kier molecular flexibility index (Phi) is 3.74. The normalized spacial score (nSPS) is 20.4. The number of ether oxygens (including phenoxy) is 1. The number of pyridine rings is 1. The van der Waals surface area contributed by atoms with E-state index in [0.717, 1.165) is 26.1 Å². The van der Waals surface area contributed by atoms with Crippen LogP contribution in [0.5, 0.6) is 0 Å². The van der Waals surface area contributed by atoms with Crippen molar-refractivity contribution in [3.63, 3.8) is 0 Å². The number of rotatable bonds is 4. The number of anilines is 1. The summed E-state index contributed by atoms with van der Waals surface area (Å²) >= 11 is 0. The van der Waals surface area contributed by atoms with Crippen molar-refractivity contribution in [2.75, 3.05) is 32.1 Å². The van der Waals surface area contributed by atoms with Crippen LogP contribution in [0.4, 0.5) is 5.69 Å². The summed E-state index contributed by atoms with van der Waals surface area (Å²) in [5, 5.41) is 3.19. The van der Waals surface area contributed by atoms with Crippen molar-refractivity contribution in [3.05, 3.63) is 24.0 Å². The van der Waals surface area contributed by atoms with Crippen molar-refractivity contribution in [1.82, 2.24) is 10.3 Å². The van der Waals surface area contributed by atoms with Crippen LogP contribution >= 0.6 is 0 Å². The van der Waals surface area contributed by atoms with Gasteiger partial charge >= 0.3 is 0 Å². The van der Waals surface area contributed by atoms with Crippen molar-refractivity contribution in [2.45, 2.75) is 19.1 Å². The lowest BCUT2D eigenvalue weighted by Crippen LogP contribution is -2.24. The smallest absolute Gasteiger partial charge is 0.0762 e. The highest BCUT2D eigenvalue weighted by Gasteiger charge is 2.23. The number of nitrogens with zero attached hydrogens (tertiary/aromatic N) is 2. The number of nitrogens with one attached hydrogen (secondary N) is 1. The van der Waals surface area contributed by atoms with Gasteiger partial charge in [-0.2, -0.15) is 0 Å². The third kappa shape index (κ3) is 2.33. The summed E-state index contributed by atoms with van der Waals surface area (Å²) in [7, 11) is 3.75. The van der Waals surface area contributed by atoms with Gasteiger partial charge < -0.3 is 15.0 Å². The molecule has 0 aromatic carbocycles. The molecular weight excluding hydrogens is 202 g/mol. The zero-order valence-corrected chi connectivity index (χ0v) is 9.94. The lowest BCUT2D eigenvalue weighted by molar-refractivity contribution is 0.121. The Balaban J connectivity index is 2.14. The summed E-state index contributed by atoms with van der Waals surface area (Å²) in [6.07, 6.45) is 5.26. The van der Waals surface area contributed by atoms with Gasteiger partial charge in [0, 0.05) is 32.9 Å². The molecule has 0 saturated carbocycles. The first-order chi connectivity index (χ1) is 7.85. The lowest BCUT2D eigenvalue weighted by Gasteiger charge is -2.21. The molecule has 1 saturated heterocycles. The fourth-order valence-corrected chi connectivity index (χ4v) is 2.18. The first kappa shape index (κ1) is 11.4. The number of hydrogen-bond acceptors (Lipinski definition) is 4. The zero-order valence-electron chi connectivity index (χ0n) is 9.94. The molecule has 2 rings (SSSR count). The molecule has 1 aliphatic heterocycles. The van der Waals surface area contributed by atoms with E-state index >= 15 is 0 Å². The fraction of sp³-hybridized carbons (Fsp3) is 0.583. The van der Waals surface area contributed by atoms with Crippen molar-refractivity contribution in [3.8, 4) is 0 Å². The summed E-state index contributed by atoms with van der Waals surface area (Å²) < 4.78 is 5.39. The standard InChI is InChI=1S/C12H19N3O/c1-13-7-10-3-5-14-8-12(10)15-6-4-11(9-15)16-2/h3,5,8,11,13H,4,6-7,9H2,1-2H3. The molecule has 0 aliphatic carbocycles. The van der Waals surface area contributed by atoms with E-state index in [1.54, 1.807) is 7.11 Å². The third-order valence-corrected chi connectivity index (χ3v) is 3.07. The number of hydrogen-bond donors (Lipinski definition) is 1. The second-order valence-electron chi connectivity index (χ2n) is 4.13. The Bertz CT molecular complexity index is 343. The van der Waals surface area contributed by atoms with Gasteiger partial charge in [0.2, 0.25) is 0 Å². The van der Waals surface area contributed by atoms with E-state index in [1.165, 1.54) is 11.3 Å². The molecule has 0 bridgehead atoms. The van der Waals surface area contributed by atoms with Gasteiger partial charge in [-0.1, -0.05) is 0 Å². The SMILES string of the molecule is CNCc1ccncc1N1CCC(OC)C1. The molecular formula is C12H19N3O. The maximum atomic E-state index is 5.39. The Morgan fingerprint density at radius 2 is 2.50 bits per heavy atom. The maximum Gasteiger partial charge on any atom is 0.0762 e. The minimum Gasteiger partial charge on any atom is -0.380 e. The molecule has 0 radical (unpaired) electrons. The Morgan fingerprint density at radius 3 is 3.19 bits per heavy atom. The number of aromatic nitrogens is 1. The minimum absolute atomic E-state index is 0.364. The van der Waals surface area contributed by atoms with E-state index in [1.807, 2.05) is 19.4 Å². The van der Waals surface area contributed by atoms with Gasteiger partial charge in [0.1, 0.15) is 0 Å². The topological polar surface area (TPSA) is 37.4 Å². The summed E-state index contributed by atoms with van der Waals surface area (Å²) in [5.41, 5.74) is 2.53. The Hall–Kier alpha value is -1.13. The molecule has 1 aromatic heterocycles. The monoisotopic (exact) mass is 221 g/mol. The average molecular weight is 221 g/mol. The van der Waals surface area contributed by atoms with Crippen LogP contribution in [0, 0.1) is 0 Å². The highest BCUT2D eigenvalue weighted by Crippen LogP contribution is 2.24. The Labute approximate surface area is 96.6 Å². The van der Waals surface area contributed by atoms with Gasteiger partial charge in [0.05, 0.1) is 18.0 Å². The van der Waals surface area contributed by atoms with Crippen LogP contribution in [-0.4, -0.2) is 38.3 Å². The molecule has 16 heavy (non-hydrogen) atoms. The van der Waals surface area contributed by atoms with Crippen molar-refractivity contribution >= 4 is 5.69 Å². The summed E-state index contributed by atoms with van der Waals surface area (Å²) in [6, 6.07) is 2.08. The van der Waals surface area contributed by atoms with Crippen molar-refractivity contribution in [1.29, 1.82) is 0 Å². The van der Waals surface area contributed by atoms with E-state index in [4.69, 9.17) is 4.74 Å². The molecule has 4 nitrogen and oxygen atoms in total. The first-order valence-corrected chi connectivity index (χ1v) is 5.70. The summed E-state index contributed by atoms with van der Waals surface area (Å²) in [5.74, 6) is 0. The van der Waals surface area contributed by atoms with E-state index in [2.05, 4.69) is 21.3 Å². The van der Waals surface area contributed by atoms with Crippen molar-refractivity contribution < 1.29 is 4.74 Å². The van der Waals surface area contributed by atoms with Gasteiger partial charge in [-0.15, -0.1) is 0 Å². The van der Waals surface area contributed by atoms with Gasteiger partial charge in [-0.25, -0.2) is 0 Å². The predicted molar refractivity (Wildman–Crippen MR) is 64.6 cm³/mol. The van der Waals surface area contributed by atoms with Gasteiger partial charge in [0.15, 0.2) is 0 Å². The van der Waals surface area contributed by atoms with E-state index < -0.39 is 0 Å². The van der Waals surface area contributed by atoms with Crippen LogP contribution < -0.4 is 10.2 Å². The molecule has 0 amide bonds. The molecule has 1 N–H and O–H groups in total. The molecule has 4 heteroatoms. The third-order valence-electron chi connectivity index (χ3n) is 3.07. The van der Waals surface area contributed by atoms with Crippen LogP contribution in [-0.2, 0) is 11.3 Å². The zero-order chi connectivity index (χ0) is 11.4. The first-order valence-electron chi connectivity index (χ1n) is 5.70. The molecule has 1 atom stereocenters. The second kappa shape index (κ2) is 5.27. The Morgan fingerprint density at radius 1 is 1.62 bits per heavy atom. The predicted octanol–water partition coefficient (Wildman–Crippen LogP) is 1.03. The highest BCUT2D eigenvalue weighted by atomic mass is 16.5. The molecule has 2 heterocycles. The number of methoxy groups -OCH3 is 1.